The second-order valence-electron chi connectivity index (χ2n) is 14.4. The van der Waals surface area contributed by atoms with Crippen LogP contribution >= 0.6 is 0 Å². The summed E-state index contributed by atoms with van der Waals surface area (Å²) in [5.41, 5.74) is 8.13. The van der Waals surface area contributed by atoms with E-state index in [1.54, 1.807) is 0 Å². The van der Waals surface area contributed by atoms with Crippen LogP contribution in [0.15, 0.2) is 140 Å². The fourth-order valence-corrected chi connectivity index (χ4v) is 7.53. The molecule has 1 saturated carbocycles. The van der Waals surface area contributed by atoms with Crippen LogP contribution in [0.3, 0.4) is 0 Å². The number of nitrogens with zero attached hydrogens (tertiary/aromatic N) is 3. The first kappa shape index (κ1) is 26.5. The highest BCUT2D eigenvalue weighted by atomic mass is 15.0. The second kappa shape index (κ2) is 12.2. The summed E-state index contributed by atoms with van der Waals surface area (Å²) in [6, 6.07) is 40.8. The van der Waals surface area contributed by atoms with E-state index in [0.29, 0.717) is 17.5 Å². The molecule has 0 unspecified atom stereocenters. The monoisotopic (exact) mass is 651 g/mol. The topological polar surface area (TPSA) is 38.7 Å². The molecule has 1 fully saturated rings. The first-order valence-corrected chi connectivity index (χ1v) is 17.6. The molecule has 0 aliphatic heterocycles. The largest absolute Gasteiger partial charge is 0.208 e. The Hall–Kier alpha value is -5.41. The standard InChI is InChI=1S/C47H41N3/c1-46(2)26-28-47(29-27-46)41-19-10-9-18-39(41)40-25-24-37(31-42(40)47)36-16-11-17-38(30-36)45-49-43(34-14-7-4-8-15-34)48-44(50-45)35-22-20-33(21-23-35)32-12-5-3-6-13-32/h3,5-7,9-25,30-31H,4,8,26-29H2,1-2H3/i28D2,29D2. The summed E-state index contributed by atoms with van der Waals surface area (Å²) < 4.78 is 38.4. The number of fused-ring (bicyclic) bond motifs is 5. The van der Waals surface area contributed by atoms with Gasteiger partial charge in [-0.25, -0.2) is 15.0 Å². The molecule has 3 aliphatic rings. The highest BCUT2D eigenvalue weighted by Crippen LogP contribution is 2.58. The van der Waals surface area contributed by atoms with Gasteiger partial charge in [0.05, 0.1) is 0 Å². The van der Waals surface area contributed by atoms with E-state index in [9.17, 15) is 5.48 Å². The van der Waals surface area contributed by atoms with Crippen molar-refractivity contribution in [3.8, 4) is 56.2 Å². The zero-order chi connectivity index (χ0) is 37.3. The minimum atomic E-state index is -1.83. The summed E-state index contributed by atoms with van der Waals surface area (Å²) in [6.07, 6.45) is 5.20. The highest BCUT2D eigenvalue weighted by Gasteiger charge is 2.46. The first-order valence-electron chi connectivity index (χ1n) is 19.6. The fourth-order valence-electron chi connectivity index (χ4n) is 7.53. The second-order valence-corrected chi connectivity index (χ2v) is 14.4. The van der Waals surface area contributed by atoms with E-state index in [2.05, 4.69) is 72.8 Å². The van der Waals surface area contributed by atoms with Crippen molar-refractivity contribution in [1.29, 1.82) is 0 Å². The van der Waals surface area contributed by atoms with Gasteiger partial charge >= 0.3 is 0 Å². The van der Waals surface area contributed by atoms with Gasteiger partial charge in [0.15, 0.2) is 17.5 Å². The third kappa shape index (κ3) is 5.42. The molecule has 0 saturated heterocycles. The van der Waals surface area contributed by atoms with Crippen LogP contribution in [0.5, 0.6) is 0 Å². The Bertz CT molecular complexity index is 2460. The van der Waals surface area contributed by atoms with Crippen molar-refractivity contribution in [2.24, 2.45) is 5.41 Å². The predicted molar refractivity (Wildman–Crippen MR) is 206 cm³/mol. The number of allylic oxidation sites excluding steroid dienone is 4. The van der Waals surface area contributed by atoms with Crippen LogP contribution in [-0.2, 0) is 5.41 Å². The lowest BCUT2D eigenvalue weighted by Gasteiger charge is -2.43. The predicted octanol–water partition coefficient (Wildman–Crippen LogP) is 12.1. The van der Waals surface area contributed by atoms with Crippen LogP contribution in [0.2, 0.25) is 0 Å². The van der Waals surface area contributed by atoms with Gasteiger partial charge in [0.25, 0.3) is 0 Å². The molecule has 0 amide bonds. The minimum absolute atomic E-state index is 0.262. The van der Waals surface area contributed by atoms with E-state index in [1.807, 2.05) is 80.6 Å². The molecule has 0 radical (unpaired) electrons. The number of rotatable bonds is 5. The third-order valence-electron chi connectivity index (χ3n) is 10.3. The van der Waals surface area contributed by atoms with Gasteiger partial charge in [0.2, 0.25) is 0 Å². The number of hydrogen-bond donors (Lipinski definition) is 0. The van der Waals surface area contributed by atoms with E-state index >= 15 is 0 Å². The molecule has 0 atom stereocenters. The Kier molecular flexibility index (Phi) is 6.44. The minimum Gasteiger partial charge on any atom is -0.208 e. The van der Waals surface area contributed by atoms with Crippen molar-refractivity contribution in [3.05, 3.63) is 157 Å². The van der Waals surface area contributed by atoms with Crippen molar-refractivity contribution in [3.63, 3.8) is 0 Å². The van der Waals surface area contributed by atoms with Gasteiger partial charge in [0.1, 0.15) is 0 Å². The molecule has 1 heterocycles. The Labute approximate surface area is 301 Å². The summed E-state index contributed by atoms with van der Waals surface area (Å²) in [5, 5.41) is 0. The molecule has 0 bridgehead atoms. The molecular weight excluding hydrogens is 607 g/mol. The van der Waals surface area contributed by atoms with Crippen LogP contribution in [0, 0.1) is 5.41 Å². The molecule has 3 heteroatoms. The zero-order valence-corrected chi connectivity index (χ0v) is 28.4. The highest BCUT2D eigenvalue weighted by molar-refractivity contribution is 5.85. The molecule has 0 N–H and O–H groups in total. The van der Waals surface area contributed by atoms with Gasteiger partial charge in [-0.2, -0.15) is 0 Å². The van der Waals surface area contributed by atoms with Crippen molar-refractivity contribution in [2.75, 3.05) is 0 Å². The number of hydrogen-bond acceptors (Lipinski definition) is 3. The maximum Gasteiger partial charge on any atom is 0.164 e. The Morgan fingerprint density at radius 1 is 0.520 bits per heavy atom. The Balaban J connectivity index is 1.16. The molecule has 5 aromatic carbocycles. The molecule has 3 aliphatic carbocycles. The zero-order valence-electron chi connectivity index (χ0n) is 32.4. The lowest BCUT2D eigenvalue weighted by molar-refractivity contribution is 0.188. The van der Waals surface area contributed by atoms with Crippen LogP contribution < -0.4 is 0 Å². The Morgan fingerprint density at radius 3 is 1.90 bits per heavy atom. The van der Waals surface area contributed by atoms with Gasteiger partial charge in [-0.3, -0.25) is 0 Å². The van der Waals surface area contributed by atoms with Gasteiger partial charge in [-0.15, -0.1) is 0 Å². The van der Waals surface area contributed by atoms with E-state index in [1.165, 1.54) is 0 Å². The van der Waals surface area contributed by atoms with E-state index in [-0.39, 0.29) is 12.8 Å². The van der Waals surface area contributed by atoms with Crippen LogP contribution in [-0.4, -0.2) is 15.0 Å². The summed E-state index contributed by atoms with van der Waals surface area (Å²) in [7, 11) is 0. The molecule has 1 spiro atoms. The fraction of sp³-hybridized carbons (Fsp3) is 0.213. The maximum absolute atomic E-state index is 9.61. The first-order chi connectivity index (χ1) is 26.0. The SMILES string of the molecule is [2H]C1([2H])CC(C)(C)CC([2H])([2H])C12c1ccccc1-c1ccc(-c3cccc(-c4nc(C5=CCCC=C5)nc(-c5ccc(-c6ccccc6)cc5)n4)c3)cc12. The quantitative estimate of drug-likeness (QED) is 0.186. The molecule has 1 aromatic heterocycles. The van der Waals surface area contributed by atoms with E-state index < -0.39 is 23.6 Å². The van der Waals surface area contributed by atoms with Crippen molar-refractivity contribution in [2.45, 2.75) is 57.7 Å². The average Bonchev–Trinajstić information content (AvgIpc) is 3.49. The normalized spacial score (nSPS) is 20.1. The molecular formula is C47H41N3. The van der Waals surface area contributed by atoms with Crippen LogP contribution in [0.4, 0.5) is 0 Å². The molecule has 244 valence electrons. The molecule has 9 rings (SSSR count). The lowest BCUT2D eigenvalue weighted by atomic mass is 9.61. The van der Waals surface area contributed by atoms with Gasteiger partial charge in [-0.1, -0.05) is 141 Å². The van der Waals surface area contributed by atoms with E-state index in [4.69, 9.17) is 15.0 Å². The average molecular weight is 652 g/mol. The smallest absolute Gasteiger partial charge is 0.164 e. The van der Waals surface area contributed by atoms with Crippen LogP contribution in [0.25, 0.3) is 61.7 Å². The van der Waals surface area contributed by atoms with Gasteiger partial charge in [-0.05, 0) is 100 Å². The number of benzene rings is 5. The summed E-state index contributed by atoms with van der Waals surface area (Å²) in [5.74, 6) is 1.79. The van der Waals surface area contributed by atoms with Crippen molar-refractivity contribution >= 4 is 5.57 Å². The van der Waals surface area contributed by atoms with Crippen molar-refractivity contribution in [1.82, 2.24) is 15.0 Å². The molecule has 3 nitrogen and oxygen atoms in total. The van der Waals surface area contributed by atoms with Crippen molar-refractivity contribution < 1.29 is 5.48 Å². The molecule has 50 heavy (non-hydrogen) atoms. The molecule has 6 aromatic rings. The van der Waals surface area contributed by atoms with Gasteiger partial charge < -0.3 is 0 Å². The van der Waals surface area contributed by atoms with E-state index in [0.717, 1.165) is 74.0 Å². The number of aromatic nitrogens is 3. The summed E-state index contributed by atoms with van der Waals surface area (Å²) in [4.78, 5) is 15.0. The summed E-state index contributed by atoms with van der Waals surface area (Å²) in [6.45, 7) is 3.97. The Morgan fingerprint density at radius 2 is 1.12 bits per heavy atom. The van der Waals surface area contributed by atoms with Gasteiger partial charge in [0, 0.05) is 27.6 Å². The van der Waals surface area contributed by atoms with Crippen LogP contribution in [0.1, 0.15) is 74.7 Å². The summed E-state index contributed by atoms with van der Waals surface area (Å²) >= 11 is 0. The lowest BCUT2D eigenvalue weighted by Crippen LogP contribution is -2.34. The third-order valence-corrected chi connectivity index (χ3v) is 10.3. The maximum atomic E-state index is 9.61.